The number of nitrogens with one attached hydrogen (secondary N) is 2. The lowest BCUT2D eigenvalue weighted by molar-refractivity contribution is -0.112. The topological polar surface area (TPSA) is 100 Å². The van der Waals surface area contributed by atoms with Gasteiger partial charge in [-0.15, -0.1) is 0 Å². The molecule has 1 aromatic rings. The van der Waals surface area contributed by atoms with Crippen LogP contribution in [0.1, 0.15) is 13.3 Å². The molecule has 0 bridgehead atoms. The van der Waals surface area contributed by atoms with Gasteiger partial charge in [-0.3, -0.25) is 4.79 Å². The number of hydrogen-bond acceptors (Lipinski definition) is 5. The van der Waals surface area contributed by atoms with E-state index in [2.05, 4.69) is 10.6 Å². The number of anilines is 2. The van der Waals surface area contributed by atoms with Gasteiger partial charge in [-0.1, -0.05) is 0 Å². The molecule has 0 aliphatic carbocycles. The Morgan fingerprint density at radius 1 is 1.43 bits per heavy atom. The average molecular weight is 288 g/mol. The molecule has 0 atom stereocenters. The zero-order chi connectivity index (χ0) is 15.5. The molecule has 0 unspecified atom stereocenters. The van der Waals surface area contributed by atoms with Crippen molar-refractivity contribution in [1.82, 2.24) is 5.32 Å². The molecular weight excluding hydrogens is 268 g/mol. The number of hydrogen-bond donors (Lipinski definition) is 3. The fourth-order valence-electron chi connectivity index (χ4n) is 1.51. The molecule has 0 saturated carbocycles. The first-order valence-corrected chi connectivity index (χ1v) is 6.75. The minimum Gasteiger partial charge on any atom is -0.399 e. The van der Waals surface area contributed by atoms with Crippen LogP contribution in [-0.2, 0) is 9.53 Å². The number of nitrogens with two attached hydrogens (primary N) is 1. The van der Waals surface area contributed by atoms with Crippen molar-refractivity contribution in [2.75, 3.05) is 30.8 Å². The average Bonchev–Trinajstić information content (AvgIpc) is 2.49. The molecule has 1 aromatic carbocycles. The maximum absolute atomic E-state index is 11.9. The van der Waals surface area contributed by atoms with E-state index in [0.29, 0.717) is 31.1 Å². The van der Waals surface area contributed by atoms with Crippen LogP contribution in [0.15, 0.2) is 36.0 Å². The first kappa shape index (κ1) is 16.5. The van der Waals surface area contributed by atoms with Crippen molar-refractivity contribution in [3.8, 4) is 6.07 Å². The summed E-state index contributed by atoms with van der Waals surface area (Å²) in [5.74, 6) is -0.459. The van der Waals surface area contributed by atoms with Gasteiger partial charge in [0, 0.05) is 37.3 Å². The number of carbonyl (C=O) groups is 1. The van der Waals surface area contributed by atoms with E-state index in [-0.39, 0.29) is 5.57 Å². The van der Waals surface area contributed by atoms with E-state index in [9.17, 15) is 4.79 Å². The number of benzene rings is 1. The van der Waals surface area contributed by atoms with Crippen LogP contribution in [0, 0.1) is 11.3 Å². The van der Waals surface area contributed by atoms with Gasteiger partial charge in [0.1, 0.15) is 11.6 Å². The first-order valence-electron chi connectivity index (χ1n) is 6.75. The molecule has 1 amide bonds. The van der Waals surface area contributed by atoms with Gasteiger partial charge in [0.2, 0.25) is 0 Å². The van der Waals surface area contributed by atoms with Crippen LogP contribution in [0.4, 0.5) is 11.4 Å². The number of nitrogen functional groups attached to an aromatic ring is 1. The summed E-state index contributed by atoms with van der Waals surface area (Å²) in [6.45, 7) is 3.91. The van der Waals surface area contributed by atoms with Gasteiger partial charge >= 0.3 is 0 Å². The zero-order valence-electron chi connectivity index (χ0n) is 12.1. The molecule has 0 heterocycles. The van der Waals surface area contributed by atoms with Crippen LogP contribution in [0.5, 0.6) is 0 Å². The third-order valence-electron chi connectivity index (χ3n) is 2.59. The van der Waals surface area contributed by atoms with Crippen molar-refractivity contribution < 1.29 is 9.53 Å². The van der Waals surface area contributed by atoms with E-state index in [1.807, 2.05) is 13.0 Å². The number of carbonyl (C=O) groups excluding carboxylic acids is 1. The quantitative estimate of drug-likeness (QED) is 0.292. The number of nitriles is 1. The van der Waals surface area contributed by atoms with Crippen molar-refractivity contribution >= 4 is 17.3 Å². The fraction of sp³-hybridized carbons (Fsp3) is 0.333. The molecule has 0 spiro atoms. The van der Waals surface area contributed by atoms with Gasteiger partial charge in [-0.25, -0.2) is 0 Å². The van der Waals surface area contributed by atoms with Crippen LogP contribution >= 0.6 is 0 Å². The van der Waals surface area contributed by atoms with Crippen molar-refractivity contribution in [2.24, 2.45) is 0 Å². The molecule has 112 valence electrons. The summed E-state index contributed by atoms with van der Waals surface area (Å²) in [6, 6.07) is 8.58. The highest BCUT2D eigenvalue weighted by atomic mass is 16.5. The Balaban J connectivity index is 2.45. The Labute approximate surface area is 124 Å². The molecule has 21 heavy (non-hydrogen) atoms. The maximum atomic E-state index is 11.9. The van der Waals surface area contributed by atoms with Crippen LogP contribution in [0.25, 0.3) is 0 Å². The molecule has 6 heteroatoms. The van der Waals surface area contributed by atoms with Crippen LogP contribution in [0.3, 0.4) is 0 Å². The highest BCUT2D eigenvalue weighted by molar-refractivity contribution is 6.06. The van der Waals surface area contributed by atoms with Crippen LogP contribution in [-0.4, -0.2) is 25.7 Å². The molecular formula is C15H20N4O2. The second-order valence-corrected chi connectivity index (χ2v) is 4.25. The zero-order valence-corrected chi connectivity index (χ0v) is 12.1. The summed E-state index contributed by atoms with van der Waals surface area (Å²) in [6.07, 6.45) is 2.22. The minimum atomic E-state index is -0.459. The lowest BCUT2D eigenvalue weighted by Crippen LogP contribution is -2.17. The lowest BCUT2D eigenvalue weighted by Gasteiger charge is -2.05. The van der Waals surface area contributed by atoms with E-state index >= 15 is 0 Å². The summed E-state index contributed by atoms with van der Waals surface area (Å²) in [4.78, 5) is 11.9. The molecule has 0 aliphatic heterocycles. The number of rotatable bonds is 8. The van der Waals surface area contributed by atoms with E-state index in [1.165, 1.54) is 6.20 Å². The number of ether oxygens (including phenoxy) is 1. The summed E-state index contributed by atoms with van der Waals surface area (Å²) < 4.78 is 5.19. The minimum absolute atomic E-state index is 0.0169. The largest absolute Gasteiger partial charge is 0.399 e. The summed E-state index contributed by atoms with van der Waals surface area (Å²) in [5, 5.41) is 14.6. The lowest BCUT2D eigenvalue weighted by atomic mass is 10.2. The number of nitrogens with zero attached hydrogens (tertiary/aromatic N) is 1. The predicted molar refractivity (Wildman–Crippen MR) is 82.3 cm³/mol. The molecule has 0 aliphatic rings. The van der Waals surface area contributed by atoms with E-state index < -0.39 is 5.91 Å². The van der Waals surface area contributed by atoms with Gasteiger partial charge in [-0.05, 0) is 37.6 Å². The second-order valence-electron chi connectivity index (χ2n) is 4.25. The van der Waals surface area contributed by atoms with E-state index in [4.69, 9.17) is 15.7 Å². The fourth-order valence-corrected chi connectivity index (χ4v) is 1.51. The molecule has 0 radical (unpaired) electrons. The maximum Gasteiger partial charge on any atom is 0.267 e. The van der Waals surface area contributed by atoms with Crippen molar-refractivity contribution in [3.63, 3.8) is 0 Å². The highest BCUT2D eigenvalue weighted by Crippen LogP contribution is 2.11. The normalized spacial score (nSPS) is 10.8. The summed E-state index contributed by atoms with van der Waals surface area (Å²) in [7, 11) is 0. The molecule has 4 N–H and O–H groups in total. The number of amides is 1. The van der Waals surface area contributed by atoms with E-state index in [1.54, 1.807) is 24.3 Å². The first-order chi connectivity index (χ1) is 10.2. The third kappa shape index (κ3) is 6.45. The second kappa shape index (κ2) is 9.39. The molecule has 0 saturated heterocycles. The SMILES string of the molecule is CCOCCCN/C=C(/C#N)C(=O)Nc1ccc(N)cc1. The van der Waals surface area contributed by atoms with Gasteiger partial charge in [-0.2, -0.15) is 5.26 Å². The van der Waals surface area contributed by atoms with E-state index in [0.717, 1.165) is 6.42 Å². The predicted octanol–water partition coefficient (Wildman–Crippen LogP) is 1.63. The molecule has 6 nitrogen and oxygen atoms in total. The summed E-state index contributed by atoms with van der Waals surface area (Å²) in [5.41, 5.74) is 6.78. The van der Waals surface area contributed by atoms with Crippen LogP contribution < -0.4 is 16.4 Å². The van der Waals surface area contributed by atoms with Gasteiger partial charge in [0.05, 0.1) is 0 Å². The smallest absolute Gasteiger partial charge is 0.267 e. The Bertz CT molecular complexity index is 517. The Morgan fingerprint density at radius 2 is 2.14 bits per heavy atom. The van der Waals surface area contributed by atoms with Crippen molar-refractivity contribution in [2.45, 2.75) is 13.3 Å². The Hall–Kier alpha value is -2.52. The van der Waals surface area contributed by atoms with Gasteiger partial charge in [0.15, 0.2) is 0 Å². The van der Waals surface area contributed by atoms with Crippen molar-refractivity contribution in [3.05, 3.63) is 36.0 Å². The summed E-state index contributed by atoms with van der Waals surface area (Å²) >= 11 is 0. The third-order valence-corrected chi connectivity index (χ3v) is 2.59. The molecule has 0 aromatic heterocycles. The molecule has 0 fully saturated rings. The highest BCUT2D eigenvalue weighted by Gasteiger charge is 2.08. The standard InChI is InChI=1S/C15H20N4O2/c1-2-21-9-3-8-18-11-12(10-16)15(20)19-14-6-4-13(17)5-7-14/h4-7,11,18H,2-3,8-9,17H2,1H3,(H,19,20)/b12-11-. The monoisotopic (exact) mass is 288 g/mol. The molecule has 1 rings (SSSR count). The van der Waals surface area contributed by atoms with Crippen LogP contribution in [0.2, 0.25) is 0 Å². The van der Waals surface area contributed by atoms with Crippen molar-refractivity contribution in [1.29, 1.82) is 5.26 Å². The van der Waals surface area contributed by atoms with Gasteiger partial charge < -0.3 is 21.1 Å². The Morgan fingerprint density at radius 3 is 2.76 bits per heavy atom. The van der Waals surface area contributed by atoms with Gasteiger partial charge in [0.25, 0.3) is 5.91 Å². The Kier molecular flexibility index (Phi) is 7.40.